The summed E-state index contributed by atoms with van der Waals surface area (Å²) in [7, 11) is 0. The minimum absolute atomic E-state index is 0.0956. The van der Waals surface area contributed by atoms with E-state index in [-0.39, 0.29) is 55.4 Å². The lowest BCUT2D eigenvalue weighted by atomic mass is 9.33. The molecule has 0 bridgehead atoms. The third-order valence-electron chi connectivity index (χ3n) is 27.1. The number of nitrogens with zero attached hydrogens (tertiary/aromatic N) is 3. The highest BCUT2D eigenvalue weighted by molar-refractivity contribution is 7.00. The summed E-state index contributed by atoms with van der Waals surface area (Å²) < 4.78 is 2.63. The Balaban J connectivity index is 0.996. The smallest absolute Gasteiger partial charge is 0.252 e. The molecule has 3 heterocycles. The van der Waals surface area contributed by atoms with Gasteiger partial charge in [0.2, 0.25) is 0 Å². The molecule has 14 aromatic rings. The van der Waals surface area contributed by atoms with Crippen LogP contribution in [0.15, 0.2) is 249 Å². The van der Waals surface area contributed by atoms with E-state index in [9.17, 15) is 0 Å². The molecule has 1 aromatic heterocycles. The topological polar surface area (TPSA) is 11.4 Å². The Hall–Kier alpha value is -10.7. The van der Waals surface area contributed by atoms with Gasteiger partial charge in [-0.2, -0.15) is 0 Å². The SMILES string of the molecule is CC(C)(C)c1cc(-c2ccc3c(c2)N(c2ccc(C(C)(C)C)cc2-c2cc(C(C)(C)C)cc(C(C)(C)C)c2)c2cc(C(C)(C)C)cc4c2B3c2ccc(-n3c5ccccc5c5c6c(ccc53)-c3ccccc3C63c5ccccc5-c5ccccc53)cc2N4c2ccc(C(C)(C)C)cc2-c2cc(C(C)(C)C)cc(C(C)(C)C)c2)cc(C(C)(C)C)c1. The molecule has 0 saturated heterocycles. The molecule has 0 saturated carbocycles. The van der Waals surface area contributed by atoms with Gasteiger partial charge in [-0.25, -0.2) is 0 Å². The largest absolute Gasteiger partial charge is 0.311 e. The van der Waals surface area contributed by atoms with Crippen molar-refractivity contribution >= 4 is 79.0 Å². The molecule has 4 heteroatoms. The van der Waals surface area contributed by atoms with Gasteiger partial charge in [0, 0.05) is 50.3 Å². The van der Waals surface area contributed by atoms with Crippen LogP contribution in [0.25, 0.3) is 83.1 Å². The molecule has 3 nitrogen and oxygen atoms in total. The third kappa shape index (κ3) is 12.9. The van der Waals surface area contributed by atoms with E-state index in [0.29, 0.717) is 0 Å². The van der Waals surface area contributed by atoms with Gasteiger partial charge in [-0.15, -0.1) is 0 Å². The van der Waals surface area contributed by atoms with E-state index in [4.69, 9.17) is 0 Å². The average Bonchev–Trinajstić information content (AvgIpc) is 1.53. The Morgan fingerprint density at radius 2 is 0.597 bits per heavy atom. The summed E-state index contributed by atoms with van der Waals surface area (Å²) in [4.78, 5) is 5.53. The van der Waals surface area contributed by atoms with Crippen LogP contribution >= 0.6 is 0 Å². The maximum absolute atomic E-state index is 2.77. The Bertz CT molecular complexity index is 6390. The van der Waals surface area contributed by atoms with Gasteiger partial charge in [0.05, 0.1) is 27.8 Å². The number of aromatic nitrogens is 1. The highest BCUT2D eigenvalue weighted by Gasteiger charge is 2.54. The maximum Gasteiger partial charge on any atom is 0.252 e. The number of anilines is 6. The number of fused-ring (bicyclic) bond motifs is 18. The van der Waals surface area contributed by atoms with Crippen LogP contribution in [-0.4, -0.2) is 11.3 Å². The van der Waals surface area contributed by atoms with Crippen molar-refractivity contribution in [2.75, 3.05) is 9.80 Å². The second-order valence-electron chi connectivity index (χ2n) is 44.8. The number of benzene rings is 13. The first-order valence-electron chi connectivity index (χ1n) is 43.9. The van der Waals surface area contributed by atoms with E-state index in [2.05, 4.69) is 450 Å². The zero-order valence-corrected chi connectivity index (χ0v) is 76.1. The van der Waals surface area contributed by atoms with Crippen molar-refractivity contribution in [3.05, 3.63) is 321 Å². The van der Waals surface area contributed by atoms with Crippen LogP contribution in [0.3, 0.4) is 0 Å². The van der Waals surface area contributed by atoms with Gasteiger partial charge in [-0.1, -0.05) is 369 Å². The molecule has 2 aliphatic carbocycles. The lowest BCUT2D eigenvalue weighted by molar-refractivity contribution is 0.568. The van der Waals surface area contributed by atoms with Crippen LogP contribution in [0.2, 0.25) is 0 Å². The summed E-state index contributed by atoms with van der Waals surface area (Å²) in [6, 6.07) is 100. The van der Waals surface area contributed by atoms with Gasteiger partial charge in [-0.05, 0) is 249 Å². The summed E-state index contributed by atoms with van der Waals surface area (Å²) in [5.74, 6) is 0. The fourth-order valence-corrected chi connectivity index (χ4v) is 20.0. The second-order valence-corrected chi connectivity index (χ2v) is 44.8. The first-order valence-corrected chi connectivity index (χ1v) is 43.9. The van der Waals surface area contributed by atoms with Crippen LogP contribution in [0, 0.1) is 0 Å². The van der Waals surface area contributed by atoms with E-state index in [1.54, 1.807) is 0 Å². The van der Waals surface area contributed by atoms with E-state index < -0.39 is 5.41 Å². The molecule has 0 unspecified atom stereocenters. The zero-order valence-electron chi connectivity index (χ0n) is 76.1. The summed E-state index contributed by atoms with van der Waals surface area (Å²) in [5, 5.41) is 2.54. The molecule has 0 radical (unpaired) electrons. The fourth-order valence-electron chi connectivity index (χ4n) is 20.0. The van der Waals surface area contributed by atoms with E-state index >= 15 is 0 Å². The summed E-state index contributed by atoms with van der Waals surface area (Å²) >= 11 is 0. The first kappa shape index (κ1) is 79.4. The van der Waals surface area contributed by atoms with Crippen molar-refractivity contribution < 1.29 is 0 Å². The van der Waals surface area contributed by atoms with Crippen molar-refractivity contribution in [2.24, 2.45) is 0 Å². The quantitative estimate of drug-likeness (QED) is 0.154. The monoisotopic (exact) mass is 1560 g/mol. The number of rotatable bonds is 6. The molecule has 0 amide bonds. The Kier molecular flexibility index (Phi) is 17.8. The van der Waals surface area contributed by atoms with Crippen LogP contribution in [-0.2, 0) is 54.1 Å². The summed E-state index contributed by atoms with van der Waals surface area (Å²) in [6.45, 7) is 64.2. The van der Waals surface area contributed by atoms with Crippen LogP contribution in [0.4, 0.5) is 34.1 Å². The lowest BCUT2D eigenvalue weighted by Gasteiger charge is -2.46. The Morgan fingerprint density at radius 1 is 0.235 bits per heavy atom. The van der Waals surface area contributed by atoms with Gasteiger partial charge in [-0.3, -0.25) is 0 Å². The fraction of sp³-hybridized carbons (Fsp3) is 0.322. The number of para-hydroxylation sites is 1. The molecule has 18 rings (SSSR count). The van der Waals surface area contributed by atoms with E-state index in [1.807, 2.05) is 0 Å². The highest BCUT2D eigenvalue weighted by Crippen LogP contribution is 2.65. The van der Waals surface area contributed by atoms with Crippen LogP contribution in [0.1, 0.15) is 259 Å². The molecule has 4 aliphatic rings. The van der Waals surface area contributed by atoms with Crippen molar-refractivity contribution in [3.63, 3.8) is 0 Å². The number of hydrogen-bond donors (Lipinski definition) is 0. The third-order valence-corrected chi connectivity index (χ3v) is 27.1. The normalized spacial score (nSPS) is 14.5. The van der Waals surface area contributed by atoms with Crippen LogP contribution < -0.4 is 26.2 Å². The molecule has 1 spiro atoms. The standard InChI is InChI=1S/C115H122BN3/c1-106(2,3)73-45-51-96(88(64-73)71-56-77(110(13,14)15)62-78(57-71)111(16,17)18)118-99-60-69(70-54-75(108(7,8)9)61-76(55-70)109(10,11)12)44-49-93(99)116-94-50-47-82(117-95-43-35-31-39-87(95)103-98(117)53-48-86-85-38-30-34-42-92(85)115(104(86)103)90-40-32-28-36-83(90)84-37-29-33-41-91(84)115)68-100(94)119(102-67-81(114(25,26)27)66-101(118)105(102)116)97-52-46-74(107(4,5)6)65-89(97)72-58-79(112(19,20)21)63-80(59-72)113(22,23)24/h28-68H,1-27H3. The molecule has 0 fully saturated rings. The predicted octanol–water partition coefficient (Wildman–Crippen LogP) is 29.9. The molecular weight excluding hydrogens is 1430 g/mol. The van der Waals surface area contributed by atoms with Crippen molar-refractivity contribution in [3.8, 4) is 61.3 Å². The zero-order chi connectivity index (χ0) is 84.7. The molecule has 119 heavy (non-hydrogen) atoms. The van der Waals surface area contributed by atoms with Gasteiger partial charge in [0.1, 0.15) is 0 Å². The van der Waals surface area contributed by atoms with Gasteiger partial charge < -0.3 is 14.4 Å². The van der Waals surface area contributed by atoms with Gasteiger partial charge >= 0.3 is 0 Å². The molecule has 600 valence electrons. The molecular formula is C115H122BN3. The van der Waals surface area contributed by atoms with Crippen molar-refractivity contribution in [2.45, 2.75) is 241 Å². The predicted molar refractivity (Wildman–Crippen MR) is 516 cm³/mol. The van der Waals surface area contributed by atoms with Gasteiger partial charge in [0.15, 0.2) is 0 Å². The Labute approximate surface area is 712 Å². The molecule has 0 atom stereocenters. The highest BCUT2D eigenvalue weighted by atomic mass is 15.2. The molecule has 0 N–H and O–H groups in total. The summed E-state index contributed by atoms with van der Waals surface area (Å²) in [6.07, 6.45) is 0. The maximum atomic E-state index is 2.77. The van der Waals surface area contributed by atoms with E-state index in [1.165, 1.54) is 189 Å². The van der Waals surface area contributed by atoms with Crippen molar-refractivity contribution in [1.82, 2.24) is 4.57 Å². The Morgan fingerprint density at radius 3 is 1.02 bits per heavy atom. The number of hydrogen-bond acceptors (Lipinski definition) is 2. The molecule has 2 aliphatic heterocycles. The van der Waals surface area contributed by atoms with E-state index in [0.717, 1.165) is 17.1 Å². The average molecular weight is 1560 g/mol. The van der Waals surface area contributed by atoms with Crippen LogP contribution in [0.5, 0.6) is 0 Å². The first-order chi connectivity index (χ1) is 55.7. The van der Waals surface area contributed by atoms with Crippen molar-refractivity contribution in [1.29, 1.82) is 0 Å². The minimum atomic E-state index is -0.563. The summed E-state index contributed by atoms with van der Waals surface area (Å²) in [5.41, 5.74) is 42.3. The minimum Gasteiger partial charge on any atom is -0.311 e. The lowest BCUT2D eigenvalue weighted by Crippen LogP contribution is -2.61. The molecule has 13 aromatic carbocycles. The van der Waals surface area contributed by atoms with Gasteiger partial charge in [0.25, 0.3) is 6.71 Å². The second kappa shape index (κ2) is 26.7.